The van der Waals surface area contributed by atoms with E-state index in [1.54, 1.807) is 12.1 Å². The number of carbonyl (C=O) groups is 2. The summed E-state index contributed by atoms with van der Waals surface area (Å²) in [5.74, 6) is -1.00. The van der Waals surface area contributed by atoms with Crippen LogP contribution in [0.3, 0.4) is 0 Å². The molecule has 0 amide bonds. The predicted molar refractivity (Wildman–Crippen MR) is 191 cm³/mol. The van der Waals surface area contributed by atoms with Crippen molar-refractivity contribution < 1.29 is 29.2 Å². The largest absolute Gasteiger partial charge is 0.504 e. The second-order valence-corrected chi connectivity index (χ2v) is 13.1. The third kappa shape index (κ3) is 25.7. The Hall–Kier alpha value is -2.50. The number of hydrogen-bond acceptors (Lipinski definition) is 6. The molecule has 0 bridgehead atoms. The minimum absolute atomic E-state index is 0.0114. The van der Waals surface area contributed by atoms with Crippen LogP contribution in [0.2, 0.25) is 0 Å². The minimum atomic E-state index is -0.777. The summed E-state index contributed by atoms with van der Waals surface area (Å²) >= 11 is 0. The fraction of sp³-hybridized carbons (Fsp3) is 0.750. The van der Waals surface area contributed by atoms with E-state index in [2.05, 4.69) is 16.7 Å². The minimum Gasteiger partial charge on any atom is -0.504 e. The van der Waals surface area contributed by atoms with Crippen LogP contribution in [0, 0.1) is 0 Å². The Morgan fingerprint density at radius 2 is 0.978 bits per heavy atom. The van der Waals surface area contributed by atoms with E-state index in [0.717, 1.165) is 25.3 Å². The third-order valence-electron chi connectivity index (χ3n) is 8.82. The molecular formula is C40H68O6. The summed E-state index contributed by atoms with van der Waals surface area (Å²) in [7, 11) is 1.44. The van der Waals surface area contributed by atoms with Gasteiger partial charge in [-0.15, -0.1) is 0 Å². The molecule has 0 aliphatic rings. The van der Waals surface area contributed by atoms with Gasteiger partial charge < -0.3 is 9.84 Å². The van der Waals surface area contributed by atoms with Crippen LogP contribution in [0.15, 0.2) is 24.3 Å². The molecule has 46 heavy (non-hydrogen) atoms. The van der Waals surface area contributed by atoms with Gasteiger partial charge in [0.1, 0.15) is 0 Å². The van der Waals surface area contributed by atoms with Crippen LogP contribution in [-0.4, -0.2) is 24.2 Å². The van der Waals surface area contributed by atoms with Gasteiger partial charge in [-0.05, 0) is 30.2 Å². The van der Waals surface area contributed by atoms with Gasteiger partial charge >= 0.3 is 11.9 Å². The maximum atomic E-state index is 11.8. The molecule has 0 aromatic heterocycles. The SMILES string of the molecule is CCCCCCCCCCCCCCCCCCCCCCCCCCCCCC(=O)OOC(=O)/C=C/c1ccc(O)c(OC)c1. The van der Waals surface area contributed by atoms with Crippen LogP contribution in [0.5, 0.6) is 11.5 Å². The average molecular weight is 645 g/mol. The molecule has 0 unspecified atom stereocenters. The van der Waals surface area contributed by atoms with Gasteiger partial charge in [0.25, 0.3) is 0 Å². The zero-order valence-electron chi connectivity index (χ0n) is 29.7. The lowest BCUT2D eigenvalue weighted by molar-refractivity contribution is -0.254. The number of methoxy groups -OCH3 is 1. The van der Waals surface area contributed by atoms with Gasteiger partial charge in [0.2, 0.25) is 0 Å². The first-order valence-electron chi connectivity index (χ1n) is 19.0. The van der Waals surface area contributed by atoms with Crippen LogP contribution in [0.1, 0.15) is 192 Å². The topological polar surface area (TPSA) is 82.1 Å². The average Bonchev–Trinajstić information content (AvgIpc) is 3.06. The van der Waals surface area contributed by atoms with Crippen molar-refractivity contribution in [3.8, 4) is 11.5 Å². The number of rotatable bonds is 31. The molecule has 1 aromatic carbocycles. The van der Waals surface area contributed by atoms with Gasteiger partial charge in [0, 0.05) is 6.08 Å². The Balaban J connectivity index is 1.78. The molecule has 0 atom stereocenters. The van der Waals surface area contributed by atoms with E-state index in [4.69, 9.17) is 4.74 Å². The molecule has 0 aliphatic heterocycles. The summed E-state index contributed by atoms with van der Waals surface area (Å²) in [4.78, 5) is 32.8. The van der Waals surface area contributed by atoms with Crippen molar-refractivity contribution in [1.29, 1.82) is 0 Å². The standard InChI is InChI=1S/C40H68O6/c1-3-4-5-6-7-8-9-10-11-12-13-14-15-16-17-18-19-20-21-22-23-24-25-26-27-28-29-30-39(42)45-46-40(43)34-32-36-31-33-37(41)38(35-36)44-2/h31-35,41H,3-30H2,1-2H3/b34-32+. The first-order valence-corrected chi connectivity index (χ1v) is 19.0. The van der Waals surface area contributed by atoms with E-state index in [9.17, 15) is 14.7 Å². The number of phenols is 1. The maximum Gasteiger partial charge on any atom is 0.379 e. The highest BCUT2D eigenvalue weighted by Crippen LogP contribution is 2.26. The number of phenolic OH excluding ortho intramolecular Hbond substituents is 1. The Labute approximate surface area is 282 Å². The zero-order valence-corrected chi connectivity index (χ0v) is 29.7. The summed E-state index contributed by atoms with van der Waals surface area (Å²) in [5, 5.41) is 9.61. The van der Waals surface area contributed by atoms with E-state index >= 15 is 0 Å². The first-order chi connectivity index (χ1) is 22.6. The van der Waals surface area contributed by atoms with Crippen molar-refractivity contribution in [3.63, 3.8) is 0 Å². The second kappa shape index (κ2) is 31.1. The molecule has 0 saturated heterocycles. The summed E-state index contributed by atoms with van der Waals surface area (Å²) in [6.07, 6.45) is 39.4. The highest BCUT2D eigenvalue weighted by Gasteiger charge is 2.08. The van der Waals surface area contributed by atoms with Gasteiger partial charge in [0.05, 0.1) is 13.5 Å². The monoisotopic (exact) mass is 645 g/mol. The van der Waals surface area contributed by atoms with Gasteiger partial charge in [-0.3, -0.25) is 0 Å². The van der Waals surface area contributed by atoms with Crippen molar-refractivity contribution in [2.75, 3.05) is 7.11 Å². The van der Waals surface area contributed by atoms with Gasteiger partial charge in [-0.2, -0.15) is 0 Å². The van der Waals surface area contributed by atoms with E-state index in [-0.39, 0.29) is 12.2 Å². The number of ether oxygens (including phenoxy) is 1. The number of aromatic hydroxyl groups is 1. The smallest absolute Gasteiger partial charge is 0.379 e. The molecular weight excluding hydrogens is 576 g/mol. The number of unbranched alkanes of at least 4 members (excludes halogenated alkanes) is 26. The quantitative estimate of drug-likeness (QED) is 0.0375. The normalized spacial score (nSPS) is 11.3. The van der Waals surface area contributed by atoms with E-state index < -0.39 is 11.9 Å². The lowest BCUT2D eigenvalue weighted by Gasteiger charge is -2.05. The third-order valence-corrected chi connectivity index (χ3v) is 8.82. The van der Waals surface area contributed by atoms with Crippen molar-refractivity contribution in [2.24, 2.45) is 0 Å². The molecule has 0 saturated carbocycles. The summed E-state index contributed by atoms with van der Waals surface area (Å²) < 4.78 is 5.03. The van der Waals surface area contributed by atoms with E-state index in [0.29, 0.717) is 11.3 Å². The maximum absolute atomic E-state index is 11.8. The van der Waals surface area contributed by atoms with Crippen LogP contribution in [0.4, 0.5) is 0 Å². The molecule has 1 N–H and O–H groups in total. The highest BCUT2D eigenvalue weighted by molar-refractivity contribution is 5.87. The fourth-order valence-corrected chi connectivity index (χ4v) is 5.88. The Morgan fingerprint density at radius 1 is 0.587 bits per heavy atom. The molecule has 0 fully saturated rings. The molecule has 1 rings (SSSR count). The lowest BCUT2D eigenvalue weighted by atomic mass is 10.0. The Morgan fingerprint density at radius 3 is 1.37 bits per heavy atom. The Kier molecular flexibility index (Phi) is 28.1. The Bertz CT molecular complexity index is 896. The fourth-order valence-electron chi connectivity index (χ4n) is 5.88. The second-order valence-electron chi connectivity index (χ2n) is 13.1. The molecule has 0 heterocycles. The van der Waals surface area contributed by atoms with Crippen LogP contribution < -0.4 is 4.74 Å². The molecule has 264 valence electrons. The van der Waals surface area contributed by atoms with Crippen LogP contribution >= 0.6 is 0 Å². The van der Waals surface area contributed by atoms with Gasteiger partial charge in [-0.25, -0.2) is 19.4 Å². The van der Waals surface area contributed by atoms with Crippen LogP contribution in [0.25, 0.3) is 6.08 Å². The number of benzene rings is 1. The van der Waals surface area contributed by atoms with Crippen molar-refractivity contribution in [1.82, 2.24) is 0 Å². The number of carbonyl (C=O) groups excluding carboxylic acids is 2. The van der Waals surface area contributed by atoms with Crippen molar-refractivity contribution in [2.45, 2.75) is 187 Å². The first kappa shape index (κ1) is 41.5. The van der Waals surface area contributed by atoms with Gasteiger partial charge in [-0.1, -0.05) is 180 Å². The van der Waals surface area contributed by atoms with Crippen molar-refractivity contribution >= 4 is 18.0 Å². The molecule has 0 radical (unpaired) electrons. The summed E-state index contributed by atoms with van der Waals surface area (Å²) in [6.45, 7) is 2.29. The number of hydrogen-bond donors (Lipinski definition) is 1. The molecule has 0 aliphatic carbocycles. The summed E-state index contributed by atoms with van der Waals surface area (Å²) in [6, 6.07) is 4.67. The van der Waals surface area contributed by atoms with E-state index in [1.165, 1.54) is 173 Å². The van der Waals surface area contributed by atoms with Gasteiger partial charge in [0.15, 0.2) is 11.5 Å². The predicted octanol–water partition coefficient (Wildman–Crippen LogP) is 12.4. The summed E-state index contributed by atoms with van der Waals surface area (Å²) in [5.41, 5.74) is 0.638. The highest BCUT2D eigenvalue weighted by atomic mass is 17.2. The van der Waals surface area contributed by atoms with E-state index in [1.807, 2.05) is 0 Å². The molecule has 6 nitrogen and oxygen atoms in total. The molecule has 1 aromatic rings. The van der Waals surface area contributed by atoms with Crippen LogP contribution in [-0.2, 0) is 19.4 Å². The lowest BCUT2D eigenvalue weighted by Crippen LogP contribution is -2.09. The molecule has 6 heteroatoms. The molecule has 0 spiro atoms. The van der Waals surface area contributed by atoms with Crippen molar-refractivity contribution in [3.05, 3.63) is 29.8 Å². The zero-order chi connectivity index (χ0) is 33.3.